The number of imide groups is 1. The van der Waals surface area contributed by atoms with Crippen molar-refractivity contribution in [3.05, 3.63) is 99.6 Å². The maximum absolute atomic E-state index is 13.9. The molecule has 2 atom stereocenters. The van der Waals surface area contributed by atoms with E-state index in [1.807, 2.05) is 37.3 Å². The van der Waals surface area contributed by atoms with Gasteiger partial charge in [0.15, 0.2) is 0 Å². The third-order valence-electron chi connectivity index (χ3n) is 7.46. The molecule has 1 aliphatic heterocycles. The number of amides is 2. The third kappa shape index (κ3) is 1.96. The Hall–Kier alpha value is -2.91. The fraction of sp³-hybridized carbons (Fsp3) is 0.231. The molecule has 4 aliphatic rings. The molecule has 1 heterocycles. The first kappa shape index (κ1) is 17.9. The van der Waals surface area contributed by atoms with Gasteiger partial charge in [0.1, 0.15) is 0 Å². The van der Waals surface area contributed by atoms with Crippen LogP contribution in [0, 0.1) is 18.8 Å². The normalized spacial score (nSPS) is 28.4. The lowest BCUT2D eigenvalue weighted by atomic mass is 9.48. The minimum atomic E-state index is -0.541. The maximum atomic E-state index is 13.9. The Balaban J connectivity index is 1.63. The number of hydrogen-bond acceptors (Lipinski definition) is 2. The zero-order chi connectivity index (χ0) is 20.8. The lowest BCUT2D eigenvalue weighted by Gasteiger charge is -2.52. The monoisotopic (exact) mass is 413 g/mol. The van der Waals surface area contributed by atoms with E-state index in [1.54, 1.807) is 12.1 Å². The van der Waals surface area contributed by atoms with E-state index in [9.17, 15) is 9.59 Å². The molecule has 0 saturated carbocycles. The zero-order valence-corrected chi connectivity index (χ0v) is 17.5. The van der Waals surface area contributed by atoms with Crippen LogP contribution in [0.4, 0.5) is 5.69 Å². The van der Waals surface area contributed by atoms with Crippen LogP contribution in [-0.4, -0.2) is 11.8 Å². The molecule has 7 rings (SSSR count). The minimum absolute atomic E-state index is 0.106. The van der Waals surface area contributed by atoms with Gasteiger partial charge in [-0.15, -0.1) is 0 Å². The summed E-state index contributed by atoms with van der Waals surface area (Å²) in [5, 5.41) is 0.520. The van der Waals surface area contributed by atoms with Gasteiger partial charge in [-0.3, -0.25) is 9.59 Å². The van der Waals surface area contributed by atoms with Crippen molar-refractivity contribution >= 4 is 29.1 Å². The van der Waals surface area contributed by atoms with Gasteiger partial charge in [-0.1, -0.05) is 73.1 Å². The van der Waals surface area contributed by atoms with Crippen molar-refractivity contribution in [3.63, 3.8) is 0 Å². The average Bonchev–Trinajstić information content (AvgIpc) is 3.02. The van der Waals surface area contributed by atoms with Crippen molar-refractivity contribution in [1.29, 1.82) is 0 Å². The molecule has 3 aliphatic carbocycles. The minimum Gasteiger partial charge on any atom is -0.274 e. The molecule has 4 heteroatoms. The number of carbonyl (C=O) groups is 2. The van der Waals surface area contributed by atoms with Crippen molar-refractivity contribution in [1.82, 2.24) is 0 Å². The third-order valence-corrected chi connectivity index (χ3v) is 7.69. The summed E-state index contributed by atoms with van der Waals surface area (Å²) in [6.45, 7) is 4.05. The van der Waals surface area contributed by atoms with E-state index < -0.39 is 17.3 Å². The highest BCUT2D eigenvalue weighted by atomic mass is 35.5. The highest BCUT2D eigenvalue weighted by molar-refractivity contribution is 6.31. The van der Waals surface area contributed by atoms with Gasteiger partial charge in [0.25, 0.3) is 0 Å². The molecule has 0 radical (unpaired) electrons. The first-order valence-corrected chi connectivity index (χ1v) is 10.6. The van der Waals surface area contributed by atoms with E-state index in [4.69, 9.17) is 11.6 Å². The number of carbonyl (C=O) groups excluding carboxylic acids is 2. The van der Waals surface area contributed by atoms with Crippen molar-refractivity contribution < 1.29 is 9.59 Å². The number of aryl methyl sites for hydroxylation is 1. The summed E-state index contributed by atoms with van der Waals surface area (Å²) in [5.41, 5.74) is 5.61. The number of nitrogens with zero attached hydrogens (tertiary/aromatic N) is 1. The van der Waals surface area contributed by atoms with Crippen LogP contribution < -0.4 is 4.90 Å². The van der Waals surface area contributed by atoms with E-state index in [0.717, 1.165) is 5.56 Å². The highest BCUT2D eigenvalue weighted by Gasteiger charge is 2.66. The second kappa shape index (κ2) is 5.83. The molecule has 3 aromatic rings. The summed E-state index contributed by atoms with van der Waals surface area (Å²) >= 11 is 6.24. The summed E-state index contributed by atoms with van der Waals surface area (Å²) in [6.07, 6.45) is 0. The Morgan fingerprint density at radius 2 is 1.47 bits per heavy atom. The van der Waals surface area contributed by atoms with Gasteiger partial charge < -0.3 is 0 Å². The molecule has 2 unspecified atom stereocenters. The molecule has 30 heavy (non-hydrogen) atoms. The van der Waals surface area contributed by atoms with Gasteiger partial charge in [0.2, 0.25) is 11.8 Å². The quantitative estimate of drug-likeness (QED) is 0.513. The van der Waals surface area contributed by atoms with E-state index >= 15 is 0 Å². The fourth-order valence-electron chi connectivity index (χ4n) is 6.21. The van der Waals surface area contributed by atoms with Crippen LogP contribution >= 0.6 is 11.6 Å². The van der Waals surface area contributed by atoms with Crippen molar-refractivity contribution in [3.8, 4) is 0 Å². The van der Waals surface area contributed by atoms with Gasteiger partial charge in [0.05, 0.1) is 17.5 Å². The summed E-state index contributed by atoms with van der Waals surface area (Å²) in [7, 11) is 0. The number of anilines is 1. The SMILES string of the molecule is Cc1ccc(Cl)cc1N1C(=O)C2C3c4ccccc4C(C)(c4ccccc43)C2C1=O. The second-order valence-electron chi connectivity index (χ2n) is 8.80. The predicted molar refractivity (Wildman–Crippen MR) is 117 cm³/mol. The van der Waals surface area contributed by atoms with E-state index in [0.29, 0.717) is 10.7 Å². The highest BCUT2D eigenvalue weighted by Crippen LogP contribution is 2.64. The molecule has 3 nitrogen and oxygen atoms in total. The van der Waals surface area contributed by atoms with E-state index in [-0.39, 0.29) is 17.7 Å². The first-order valence-electron chi connectivity index (χ1n) is 10.3. The molecule has 0 N–H and O–H groups in total. The molecule has 3 aromatic carbocycles. The van der Waals surface area contributed by atoms with Crippen LogP contribution in [0.1, 0.15) is 40.7 Å². The average molecular weight is 414 g/mol. The second-order valence-corrected chi connectivity index (χ2v) is 9.24. The smallest absolute Gasteiger partial charge is 0.238 e. The van der Waals surface area contributed by atoms with Crippen LogP contribution in [0.2, 0.25) is 5.02 Å². The number of benzene rings is 3. The molecule has 148 valence electrons. The summed E-state index contributed by atoms with van der Waals surface area (Å²) in [4.78, 5) is 29.1. The first-order chi connectivity index (χ1) is 14.4. The lowest BCUT2D eigenvalue weighted by Crippen LogP contribution is -2.51. The Kier molecular flexibility index (Phi) is 3.48. The van der Waals surface area contributed by atoms with Crippen molar-refractivity contribution in [2.75, 3.05) is 4.90 Å². The Morgan fingerprint density at radius 1 is 0.867 bits per heavy atom. The number of hydrogen-bond donors (Lipinski definition) is 0. The molecule has 2 amide bonds. The van der Waals surface area contributed by atoms with Crippen molar-refractivity contribution in [2.24, 2.45) is 11.8 Å². The Labute approximate surface area is 180 Å². The van der Waals surface area contributed by atoms with E-state index in [2.05, 4.69) is 31.2 Å². The molecule has 0 spiro atoms. The number of rotatable bonds is 1. The van der Waals surface area contributed by atoms with Crippen LogP contribution in [0.15, 0.2) is 66.7 Å². The molecular formula is C26H20ClNO2. The predicted octanol–water partition coefficient (Wildman–Crippen LogP) is 5.22. The Bertz CT molecular complexity index is 1220. The molecular weight excluding hydrogens is 394 g/mol. The molecule has 2 bridgehead atoms. The van der Waals surface area contributed by atoms with Crippen molar-refractivity contribution in [2.45, 2.75) is 25.2 Å². The van der Waals surface area contributed by atoms with Gasteiger partial charge in [-0.2, -0.15) is 0 Å². The van der Waals surface area contributed by atoms with Crippen LogP contribution in [0.3, 0.4) is 0 Å². The maximum Gasteiger partial charge on any atom is 0.238 e. The van der Waals surface area contributed by atoms with Gasteiger partial charge >= 0.3 is 0 Å². The molecule has 0 aromatic heterocycles. The topological polar surface area (TPSA) is 37.4 Å². The van der Waals surface area contributed by atoms with Gasteiger partial charge in [-0.05, 0) is 46.9 Å². The standard InChI is InChI=1S/C26H20ClNO2/c1-14-11-12-15(27)13-20(14)28-24(29)22-21-16-7-3-5-9-18(16)26(2,23(22)25(28)30)19-10-6-4-8-17(19)21/h3-13,21-23H,1-2H3. The van der Waals surface area contributed by atoms with E-state index in [1.165, 1.54) is 27.2 Å². The summed E-state index contributed by atoms with van der Waals surface area (Å²) < 4.78 is 0. The van der Waals surface area contributed by atoms with Crippen LogP contribution in [-0.2, 0) is 15.0 Å². The van der Waals surface area contributed by atoms with Crippen LogP contribution in [0.5, 0.6) is 0 Å². The summed E-state index contributed by atoms with van der Waals surface area (Å²) in [6, 6.07) is 22.0. The lowest BCUT2D eigenvalue weighted by molar-refractivity contribution is -0.123. The van der Waals surface area contributed by atoms with Gasteiger partial charge in [-0.25, -0.2) is 4.90 Å². The molecule has 1 saturated heterocycles. The van der Waals surface area contributed by atoms with Crippen LogP contribution in [0.25, 0.3) is 0 Å². The zero-order valence-electron chi connectivity index (χ0n) is 16.7. The number of halogens is 1. The largest absolute Gasteiger partial charge is 0.274 e. The molecule has 1 fully saturated rings. The Morgan fingerprint density at radius 3 is 2.10 bits per heavy atom. The summed E-state index contributed by atoms with van der Waals surface area (Å²) in [5.74, 6) is -1.16. The fourth-order valence-corrected chi connectivity index (χ4v) is 6.38. The van der Waals surface area contributed by atoms with Gasteiger partial charge in [0, 0.05) is 16.4 Å².